The minimum absolute atomic E-state index is 0.327. The summed E-state index contributed by atoms with van der Waals surface area (Å²) in [6.07, 6.45) is 0. The molecule has 0 unspecified atom stereocenters. The van der Waals surface area contributed by atoms with E-state index in [9.17, 15) is 9.59 Å². The van der Waals surface area contributed by atoms with Gasteiger partial charge in [0.25, 0.3) is 5.56 Å². The van der Waals surface area contributed by atoms with Gasteiger partial charge in [-0.3, -0.25) is 4.79 Å². The van der Waals surface area contributed by atoms with Crippen molar-refractivity contribution in [1.29, 1.82) is 0 Å². The molecule has 2 N–H and O–H groups in total. The molecule has 26 heavy (non-hydrogen) atoms. The standard InChI is InChI=1S/C18H17N3O4S/c1-24-13-6-3-11(4-7-13)10-26-18-20-15-9-12(17(23)25-2)5-8-14(15)16(22)21(18)19/h3-9H,10,19H2,1-2H3. The van der Waals surface area contributed by atoms with E-state index in [0.717, 1.165) is 16.0 Å². The summed E-state index contributed by atoms with van der Waals surface area (Å²) in [4.78, 5) is 28.6. The van der Waals surface area contributed by atoms with Gasteiger partial charge in [0.1, 0.15) is 5.75 Å². The van der Waals surface area contributed by atoms with Crippen molar-refractivity contribution in [2.75, 3.05) is 20.1 Å². The van der Waals surface area contributed by atoms with Crippen molar-refractivity contribution in [2.24, 2.45) is 0 Å². The SMILES string of the molecule is COC(=O)c1ccc2c(=O)n(N)c(SCc3ccc(OC)cc3)nc2c1. The predicted octanol–water partition coefficient (Wildman–Crippen LogP) is 2.20. The summed E-state index contributed by atoms with van der Waals surface area (Å²) < 4.78 is 10.9. The fourth-order valence-electron chi connectivity index (χ4n) is 2.39. The van der Waals surface area contributed by atoms with Crippen molar-refractivity contribution in [3.63, 3.8) is 0 Å². The summed E-state index contributed by atoms with van der Waals surface area (Å²) in [5.74, 6) is 6.75. The normalized spacial score (nSPS) is 10.7. The average Bonchev–Trinajstić information content (AvgIpc) is 2.69. The van der Waals surface area contributed by atoms with Crippen LogP contribution in [0.15, 0.2) is 52.4 Å². The van der Waals surface area contributed by atoms with Gasteiger partial charge in [-0.2, -0.15) is 0 Å². The van der Waals surface area contributed by atoms with Gasteiger partial charge >= 0.3 is 5.97 Å². The van der Waals surface area contributed by atoms with Crippen molar-refractivity contribution < 1.29 is 14.3 Å². The van der Waals surface area contributed by atoms with E-state index < -0.39 is 5.97 Å². The molecule has 0 fully saturated rings. The highest BCUT2D eigenvalue weighted by atomic mass is 32.2. The number of rotatable bonds is 5. The molecule has 0 atom stereocenters. The van der Waals surface area contributed by atoms with E-state index >= 15 is 0 Å². The van der Waals surface area contributed by atoms with Crippen LogP contribution < -0.4 is 16.1 Å². The van der Waals surface area contributed by atoms with Gasteiger partial charge in [0.05, 0.1) is 30.7 Å². The number of carbonyl (C=O) groups is 1. The highest BCUT2D eigenvalue weighted by Gasteiger charge is 2.13. The van der Waals surface area contributed by atoms with Crippen molar-refractivity contribution in [2.45, 2.75) is 10.9 Å². The number of aromatic nitrogens is 2. The molecule has 0 aliphatic carbocycles. The van der Waals surface area contributed by atoms with Crippen LogP contribution in [0, 0.1) is 0 Å². The number of carbonyl (C=O) groups excluding carboxylic acids is 1. The van der Waals surface area contributed by atoms with Crippen LogP contribution in [0.3, 0.4) is 0 Å². The third kappa shape index (κ3) is 3.50. The summed E-state index contributed by atoms with van der Waals surface area (Å²) in [6.45, 7) is 0. The molecule has 0 aliphatic rings. The van der Waals surface area contributed by atoms with Crippen LogP contribution in [0.5, 0.6) is 5.75 Å². The number of hydrogen-bond acceptors (Lipinski definition) is 7. The van der Waals surface area contributed by atoms with Crippen LogP contribution in [0.4, 0.5) is 0 Å². The maximum atomic E-state index is 12.4. The number of ether oxygens (including phenoxy) is 2. The molecule has 8 heteroatoms. The van der Waals surface area contributed by atoms with Crippen LogP contribution in [0.25, 0.3) is 10.9 Å². The van der Waals surface area contributed by atoms with E-state index in [4.69, 9.17) is 15.3 Å². The monoisotopic (exact) mass is 371 g/mol. The van der Waals surface area contributed by atoms with Crippen molar-refractivity contribution >= 4 is 28.6 Å². The van der Waals surface area contributed by atoms with Gasteiger partial charge in [0.15, 0.2) is 5.16 Å². The minimum Gasteiger partial charge on any atom is -0.497 e. The zero-order valence-electron chi connectivity index (χ0n) is 14.3. The summed E-state index contributed by atoms with van der Waals surface area (Å²) in [6, 6.07) is 12.2. The molecule has 2 aromatic carbocycles. The lowest BCUT2D eigenvalue weighted by molar-refractivity contribution is 0.0601. The molecule has 1 heterocycles. The van der Waals surface area contributed by atoms with Gasteiger partial charge in [-0.1, -0.05) is 23.9 Å². The van der Waals surface area contributed by atoms with Crippen LogP contribution in [-0.2, 0) is 10.5 Å². The zero-order valence-corrected chi connectivity index (χ0v) is 15.1. The van der Waals surface area contributed by atoms with Crippen molar-refractivity contribution in [3.05, 3.63) is 63.9 Å². The summed E-state index contributed by atoms with van der Waals surface area (Å²) >= 11 is 1.33. The number of methoxy groups -OCH3 is 2. The Bertz CT molecular complexity index is 1020. The van der Waals surface area contributed by atoms with Crippen molar-refractivity contribution in [1.82, 2.24) is 9.66 Å². The lowest BCUT2D eigenvalue weighted by Crippen LogP contribution is -2.29. The highest BCUT2D eigenvalue weighted by molar-refractivity contribution is 7.98. The molecule has 0 saturated heterocycles. The van der Waals surface area contributed by atoms with E-state index in [-0.39, 0.29) is 5.56 Å². The molecule has 1 aromatic heterocycles. The molecule has 0 aliphatic heterocycles. The van der Waals surface area contributed by atoms with Crippen LogP contribution >= 0.6 is 11.8 Å². The van der Waals surface area contributed by atoms with Gasteiger partial charge in [0.2, 0.25) is 0 Å². The quantitative estimate of drug-likeness (QED) is 0.318. The molecule has 0 amide bonds. The number of nitrogen functional groups attached to an aromatic ring is 1. The third-order valence-electron chi connectivity index (χ3n) is 3.82. The van der Waals surface area contributed by atoms with Gasteiger partial charge in [-0.25, -0.2) is 14.5 Å². The first-order valence-electron chi connectivity index (χ1n) is 7.69. The molecule has 3 rings (SSSR count). The van der Waals surface area contributed by atoms with Crippen LogP contribution in [0.2, 0.25) is 0 Å². The lowest BCUT2D eigenvalue weighted by Gasteiger charge is -2.09. The first-order valence-corrected chi connectivity index (χ1v) is 8.68. The minimum atomic E-state index is -0.488. The smallest absolute Gasteiger partial charge is 0.337 e. The predicted molar refractivity (Wildman–Crippen MR) is 100 cm³/mol. The number of hydrogen-bond donors (Lipinski definition) is 1. The van der Waals surface area contributed by atoms with Gasteiger partial charge < -0.3 is 15.3 Å². The zero-order chi connectivity index (χ0) is 18.7. The molecule has 3 aromatic rings. The first kappa shape index (κ1) is 17.8. The van der Waals surface area contributed by atoms with Crippen LogP contribution in [0.1, 0.15) is 15.9 Å². The number of nitrogens with zero attached hydrogens (tertiary/aromatic N) is 2. The average molecular weight is 371 g/mol. The number of benzene rings is 2. The molecule has 7 nitrogen and oxygen atoms in total. The number of thioether (sulfide) groups is 1. The maximum Gasteiger partial charge on any atom is 0.337 e. The van der Waals surface area contributed by atoms with Gasteiger partial charge in [0, 0.05) is 5.75 Å². The Morgan fingerprint density at radius 1 is 1.19 bits per heavy atom. The largest absolute Gasteiger partial charge is 0.497 e. The molecular weight excluding hydrogens is 354 g/mol. The third-order valence-corrected chi connectivity index (χ3v) is 4.84. The summed E-state index contributed by atoms with van der Waals surface area (Å²) in [5, 5.41) is 0.703. The van der Waals surface area contributed by atoms with E-state index in [1.807, 2.05) is 24.3 Å². The molecule has 0 saturated carbocycles. The Labute approximate surface area is 153 Å². The summed E-state index contributed by atoms with van der Waals surface area (Å²) in [7, 11) is 2.91. The second-order valence-corrected chi connectivity index (χ2v) is 6.37. The van der Waals surface area contributed by atoms with Crippen LogP contribution in [-0.4, -0.2) is 29.8 Å². The number of esters is 1. The first-order chi connectivity index (χ1) is 12.5. The Hall–Kier alpha value is -3.00. The van der Waals surface area contributed by atoms with Crippen molar-refractivity contribution in [3.8, 4) is 5.75 Å². The highest BCUT2D eigenvalue weighted by Crippen LogP contribution is 2.23. The topological polar surface area (TPSA) is 96.4 Å². The van der Waals surface area contributed by atoms with Gasteiger partial charge in [-0.15, -0.1) is 0 Å². The molecule has 0 bridgehead atoms. The Morgan fingerprint density at radius 2 is 1.92 bits per heavy atom. The van der Waals surface area contributed by atoms with Gasteiger partial charge in [-0.05, 0) is 35.9 Å². The van der Waals surface area contributed by atoms with E-state index in [1.165, 1.54) is 37.1 Å². The lowest BCUT2D eigenvalue weighted by atomic mass is 10.1. The maximum absolute atomic E-state index is 12.4. The van der Waals surface area contributed by atoms with E-state index in [2.05, 4.69) is 4.98 Å². The van der Waals surface area contributed by atoms with E-state index in [0.29, 0.717) is 27.4 Å². The molecule has 0 radical (unpaired) electrons. The number of nitrogens with two attached hydrogens (primary N) is 1. The second-order valence-electron chi connectivity index (χ2n) is 5.43. The van der Waals surface area contributed by atoms with E-state index in [1.54, 1.807) is 7.11 Å². The Kier molecular flexibility index (Phi) is 5.13. The Morgan fingerprint density at radius 3 is 2.58 bits per heavy atom. The second kappa shape index (κ2) is 7.49. The molecule has 134 valence electrons. The molecular formula is C18H17N3O4S. The fourth-order valence-corrected chi connectivity index (χ4v) is 3.27. The fraction of sp³-hybridized carbons (Fsp3) is 0.167. The molecule has 0 spiro atoms. The number of fused-ring (bicyclic) bond motifs is 1. The Balaban J connectivity index is 1.92. The summed E-state index contributed by atoms with van der Waals surface area (Å²) in [5.41, 5.74) is 1.39.